The van der Waals surface area contributed by atoms with Crippen LogP contribution in [0.1, 0.15) is 24.8 Å². The number of aryl methyl sites for hydroxylation is 1. The van der Waals surface area contributed by atoms with Crippen molar-refractivity contribution in [2.24, 2.45) is 0 Å². The predicted octanol–water partition coefficient (Wildman–Crippen LogP) is 1.09. The maximum atomic E-state index is 11.8. The van der Waals surface area contributed by atoms with E-state index in [-0.39, 0.29) is 6.03 Å². The Balaban J connectivity index is 1.89. The van der Waals surface area contributed by atoms with Crippen LogP contribution in [0.15, 0.2) is 0 Å². The summed E-state index contributed by atoms with van der Waals surface area (Å²) >= 11 is 1.40. The third-order valence-corrected chi connectivity index (χ3v) is 3.49. The monoisotopic (exact) mass is 256 g/mol. The van der Waals surface area contributed by atoms with Crippen LogP contribution in [0.3, 0.4) is 0 Å². The number of urea groups is 1. The van der Waals surface area contributed by atoms with E-state index in [9.17, 15) is 9.90 Å². The van der Waals surface area contributed by atoms with Gasteiger partial charge in [-0.2, -0.15) is 0 Å². The summed E-state index contributed by atoms with van der Waals surface area (Å²) < 4.78 is 0. The summed E-state index contributed by atoms with van der Waals surface area (Å²) in [5.41, 5.74) is 0. The molecule has 0 saturated carbocycles. The Labute approximate surface area is 104 Å². The van der Waals surface area contributed by atoms with Crippen LogP contribution in [0.4, 0.5) is 9.93 Å². The SMILES string of the molecule is CCCc1nnc(NC(=O)N2CC[C@@H](O)C2)s1. The summed E-state index contributed by atoms with van der Waals surface area (Å²) in [6.07, 6.45) is 2.15. The Morgan fingerprint density at radius 3 is 3.12 bits per heavy atom. The van der Waals surface area contributed by atoms with Crippen molar-refractivity contribution in [1.29, 1.82) is 0 Å². The highest BCUT2D eigenvalue weighted by Crippen LogP contribution is 2.18. The zero-order chi connectivity index (χ0) is 12.3. The largest absolute Gasteiger partial charge is 0.391 e. The summed E-state index contributed by atoms with van der Waals surface area (Å²) in [7, 11) is 0. The molecule has 1 saturated heterocycles. The van der Waals surface area contributed by atoms with E-state index >= 15 is 0 Å². The number of likely N-dealkylation sites (tertiary alicyclic amines) is 1. The first-order valence-electron chi connectivity index (χ1n) is 5.75. The lowest BCUT2D eigenvalue weighted by Gasteiger charge is -2.14. The van der Waals surface area contributed by atoms with Crippen LogP contribution in [0.25, 0.3) is 0 Å². The van der Waals surface area contributed by atoms with Crippen LogP contribution < -0.4 is 5.32 Å². The number of hydrogen-bond donors (Lipinski definition) is 2. The zero-order valence-electron chi connectivity index (χ0n) is 9.72. The molecule has 6 nitrogen and oxygen atoms in total. The molecule has 1 atom stereocenters. The van der Waals surface area contributed by atoms with Crippen molar-refractivity contribution in [2.45, 2.75) is 32.3 Å². The first-order valence-corrected chi connectivity index (χ1v) is 6.57. The van der Waals surface area contributed by atoms with Crippen molar-refractivity contribution in [3.8, 4) is 0 Å². The number of aromatic nitrogens is 2. The second-order valence-corrected chi connectivity index (χ2v) is 5.13. The van der Waals surface area contributed by atoms with Gasteiger partial charge in [-0.25, -0.2) is 4.79 Å². The van der Waals surface area contributed by atoms with Gasteiger partial charge in [0.2, 0.25) is 5.13 Å². The topological polar surface area (TPSA) is 78.4 Å². The molecule has 0 spiro atoms. The predicted molar refractivity (Wildman–Crippen MR) is 65.1 cm³/mol. The molecule has 0 aromatic carbocycles. The van der Waals surface area contributed by atoms with E-state index in [0.717, 1.165) is 17.8 Å². The number of anilines is 1. The molecule has 1 aromatic heterocycles. The van der Waals surface area contributed by atoms with Gasteiger partial charge in [0.05, 0.1) is 6.10 Å². The molecule has 0 unspecified atom stereocenters. The fourth-order valence-electron chi connectivity index (χ4n) is 1.72. The molecule has 0 bridgehead atoms. The van der Waals surface area contributed by atoms with Crippen LogP contribution in [0, 0.1) is 0 Å². The summed E-state index contributed by atoms with van der Waals surface area (Å²) in [6, 6.07) is -0.208. The minimum absolute atomic E-state index is 0.208. The van der Waals surface area contributed by atoms with Crippen LogP contribution in [0.5, 0.6) is 0 Å². The normalized spacial score (nSPS) is 19.6. The number of nitrogens with one attached hydrogen (secondary N) is 1. The van der Waals surface area contributed by atoms with Gasteiger partial charge in [0.15, 0.2) is 0 Å². The number of rotatable bonds is 3. The van der Waals surface area contributed by atoms with Crippen LogP contribution in [-0.4, -0.2) is 45.4 Å². The van der Waals surface area contributed by atoms with Gasteiger partial charge in [-0.05, 0) is 12.8 Å². The molecular weight excluding hydrogens is 240 g/mol. The lowest BCUT2D eigenvalue weighted by molar-refractivity contribution is 0.176. The van der Waals surface area contributed by atoms with Crippen molar-refractivity contribution in [3.05, 3.63) is 5.01 Å². The first-order chi connectivity index (χ1) is 8.19. The van der Waals surface area contributed by atoms with Gasteiger partial charge in [-0.1, -0.05) is 18.3 Å². The van der Waals surface area contributed by atoms with Gasteiger partial charge in [-0.3, -0.25) is 5.32 Å². The number of carbonyl (C=O) groups is 1. The van der Waals surface area contributed by atoms with Crippen LogP contribution >= 0.6 is 11.3 Å². The molecule has 1 aliphatic heterocycles. The van der Waals surface area contributed by atoms with Gasteiger partial charge in [-0.15, -0.1) is 10.2 Å². The Morgan fingerprint density at radius 1 is 1.65 bits per heavy atom. The van der Waals surface area contributed by atoms with E-state index in [1.54, 1.807) is 4.90 Å². The molecule has 2 N–H and O–H groups in total. The fourth-order valence-corrected chi connectivity index (χ4v) is 2.55. The van der Waals surface area contributed by atoms with Gasteiger partial charge in [0.1, 0.15) is 5.01 Å². The molecular formula is C10H16N4O2S. The molecule has 2 heterocycles. The smallest absolute Gasteiger partial charge is 0.323 e. The Morgan fingerprint density at radius 2 is 2.47 bits per heavy atom. The Hall–Kier alpha value is -1.21. The molecule has 0 radical (unpaired) electrons. The second-order valence-electron chi connectivity index (χ2n) is 4.07. The lowest BCUT2D eigenvalue weighted by Crippen LogP contribution is -2.33. The number of hydrogen-bond acceptors (Lipinski definition) is 5. The Bertz CT molecular complexity index is 395. The maximum Gasteiger partial charge on any atom is 0.323 e. The van der Waals surface area contributed by atoms with E-state index < -0.39 is 6.10 Å². The highest BCUT2D eigenvalue weighted by Gasteiger charge is 2.25. The molecule has 1 aromatic rings. The third-order valence-electron chi connectivity index (χ3n) is 2.60. The quantitative estimate of drug-likeness (QED) is 0.848. The van der Waals surface area contributed by atoms with E-state index in [1.807, 2.05) is 0 Å². The molecule has 0 aliphatic carbocycles. The van der Waals surface area contributed by atoms with Gasteiger partial charge in [0.25, 0.3) is 0 Å². The minimum Gasteiger partial charge on any atom is -0.391 e. The minimum atomic E-state index is -0.397. The molecule has 17 heavy (non-hydrogen) atoms. The average molecular weight is 256 g/mol. The standard InChI is InChI=1S/C10H16N4O2S/c1-2-3-8-12-13-9(17-8)11-10(16)14-5-4-7(15)6-14/h7,15H,2-6H2,1H3,(H,11,13,16)/t7-/m1/s1. The summed E-state index contributed by atoms with van der Waals surface area (Å²) in [5, 5.41) is 21.4. The number of aliphatic hydroxyl groups excluding tert-OH is 1. The molecule has 1 aliphatic rings. The van der Waals surface area contributed by atoms with Gasteiger partial charge < -0.3 is 10.0 Å². The molecule has 7 heteroatoms. The van der Waals surface area contributed by atoms with Crippen molar-refractivity contribution in [1.82, 2.24) is 15.1 Å². The number of amides is 2. The van der Waals surface area contributed by atoms with Crippen molar-refractivity contribution in [3.63, 3.8) is 0 Å². The van der Waals surface area contributed by atoms with Gasteiger partial charge in [0, 0.05) is 19.5 Å². The van der Waals surface area contributed by atoms with E-state index in [0.29, 0.717) is 24.6 Å². The summed E-state index contributed by atoms with van der Waals surface area (Å²) in [6.45, 7) is 3.06. The molecule has 2 rings (SSSR count). The van der Waals surface area contributed by atoms with E-state index in [1.165, 1.54) is 11.3 Å². The highest BCUT2D eigenvalue weighted by atomic mass is 32.1. The lowest BCUT2D eigenvalue weighted by atomic mass is 10.3. The average Bonchev–Trinajstić information content (AvgIpc) is 2.88. The highest BCUT2D eigenvalue weighted by molar-refractivity contribution is 7.15. The number of carbonyl (C=O) groups excluding carboxylic acids is 1. The van der Waals surface area contributed by atoms with Crippen LogP contribution in [0.2, 0.25) is 0 Å². The number of aliphatic hydroxyl groups is 1. The Kier molecular flexibility index (Phi) is 3.90. The van der Waals surface area contributed by atoms with Gasteiger partial charge >= 0.3 is 6.03 Å². The molecule has 2 amide bonds. The second kappa shape index (κ2) is 5.42. The third kappa shape index (κ3) is 3.13. The first kappa shape index (κ1) is 12.3. The van der Waals surface area contributed by atoms with Crippen LogP contribution in [-0.2, 0) is 6.42 Å². The van der Waals surface area contributed by atoms with Crippen molar-refractivity contribution < 1.29 is 9.90 Å². The maximum absolute atomic E-state index is 11.8. The summed E-state index contributed by atoms with van der Waals surface area (Å²) in [5.74, 6) is 0. The zero-order valence-corrected chi connectivity index (χ0v) is 10.5. The fraction of sp³-hybridized carbons (Fsp3) is 0.700. The molecule has 94 valence electrons. The number of β-amino-alcohol motifs (C(OH)–C–C–N with tert-alkyl or cyclic N) is 1. The van der Waals surface area contributed by atoms with E-state index in [2.05, 4.69) is 22.4 Å². The molecule has 1 fully saturated rings. The van der Waals surface area contributed by atoms with Crippen molar-refractivity contribution in [2.75, 3.05) is 18.4 Å². The van der Waals surface area contributed by atoms with E-state index in [4.69, 9.17) is 0 Å². The van der Waals surface area contributed by atoms with Crippen molar-refractivity contribution >= 4 is 22.5 Å². The number of nitrogens with zero attached hydrogens (tertiary/aromatic N) is 3. The summed E-state index contributed by atoms with van der Waals surface area (Å²) in [4.78, 5) is 13.4.